The maximum atomic E-state index is 12.8. The van der Waals surface area contributed by atoms with Gasteiger partial charge in [0.1, 0.15) is 17.1 Å². The molecule has 2 aromatic carbocycles. The Bertz CT molecular complexity index is 953. The van der Waals surface area contributed by atoms with Crippen LogP contribution in [0.5, 0.6) is 11.5 Å². The van der Waals surface area contributed by atoms with E-state index in [1.54, 1.807) is 18.2 Å². The minimum absolute atomic E-state index is 0.0159. The van der Waals surface area contributed by atoms with E-state index in [0.29, 0.717) is 22.9 Å². The lowest BCUT2D eigenvalue weighted by Gasteiger charge is -2.26. The van der Waals surface area contributed by atoms with Gasteiger partial charge in [0.05, 0.1) is 12.3 Å². The summed E-state index contributed by atoms with van der Waals surface area (Å²) in [5.74, 6) is -1.12. The molecule has 0 bridgehead atoms. The maximum absolute atomic E-state index is 12.8. The van der Waals surface area contributed by atoms with Crippen molar-refractivity contribution in [2.45, 2.75) is 6.92 Å². The molecule has 7 nitrogen and oxygen atoms in total. The maximum Gasteiger partial charge on any atom is 0.335 e. The topological polar surface area (TPSA) is 95.9 Å². The molecule has 27 heavy (non-hydrogen) atoms. The van der Waals surface area contributed by atoms with Gasteiger partial charge in [-0.1, -0.05) is 11.6 Å². The normalized spacial score (nSPS) is 15.9. The van der Waals surface area contributed by atoms with Crippen molar-refractivity contribution in [3.63, 3.8) is 0 Å². The van der Waals surface area contributed by atoms with E-state index in [0.717, 1.165) is 4.90 Å². The van der Waals surface area contributed by atoms with Crippen LogP contribution in [-0.4, -0.2) is 29.6 Å². The van der Waals surface area contributed by atoms with Crippen LogP contribution in [0.1, 0.15) is 12.5 Å². The lowest BCUT2D eigenvalue weighted by Crippen LogP contribution is -2.54. The van der Waals surface area contributed by atoms with Gasteiger partial charge in [-0.25, -0.2) is 9.69 Å². The summed E-state index contributed by atoms with van der Waals surface area (Å²) in [6.45, 7) is 2.25. The van der Waals surface area contributed by atoms with Crippen molar-refractivity contribution in [2.24, 2.45) is 0 Å². The van der Waals surface area contributed by atoms with Gasteiger partial charge < -0.3 is 9.84 Å². The van der Waals surface area contributed by atoms with Gasteiger partial charge in [0.15, 0.2) is 0 Å². The molecule has 0 aromatic heterocycles. The fraction of sp³-hybridized carbons (Fsp3) is 0.105. The number of nitrogens with one attached hydrogen (secondary N) is 1. The number of aromatic hydroxyl groups is 1. The van der Waals surface area contributed by atoms with Crippen molar-refractivity contribution >= 4 is 41.2 Å². The van der Waals surface area contributed by atoms with Gasteiger partial charge in [-0.3, -0.25) is 14.9 Å². The zero-order chi connectivity index (χ0) is 19.6. The largest absolute Gasteiger partial charge is 0.508 e. The van der Waals surface area contributed by atoms with Gasteiger partial charge in [0.25, 0.3) is 11.8 Å². The average Bonchev–Trinajstić information content (AvgIpc) is 2.60. The summed E-state index contributed by atoms with van der Waals surface area (Å²) in [6.07, 6.45) is 1.34. The Morgan fingerprint density at radius 2 is 1.85 bits per heavy atom. The summed E-state index contributed by atoms with van der Waals surface area (Å²) in [7, 11) is 0. The summed E-state index contributed by atoms with van der Waals surface area (Å²) in [4.78, 5) is 37.9. The number of urea groups is 1. The third-order valence-electron chi connectivity index (χ3n) is 3.73. The number of ether oxygens (including phenoxy) is 1. The molecule has 3 rings (SSSR count). The molecule has 0 aliphatic carbocycles. The summed E-state index contributed by atoms with van der Waals surface area (Å²) in [5.41, 5.74) is 0.464. The van der Waals surface area contributed by atoms with Gasteiger partial charge in [0.2, 0.25) is 0 Å². The van der Waals surface area contributed by atoms with Gasteiger partial charge in [-0.15, -0.1) is 0 Å². The first-order valence-electron chi connectivity index (χ1n) is 8.03. The minimum Gasteiger partial charge on any atom is -0.508 e. The van der Waals surface area contributed by atoms with E-state index in [2.05, 4.69) is 5.32 Å². The van der Waals surface area contributed by atoms with Crippen LogP contribution in [0.15, 0.2) is 48.0 Å². The lowest BCUT2D eigenvalue weighted by molar-refractivity contribution is -0.122. The van der Waals surface area contributed by atoms with Crippen LogP contribution in [0.3, 0.4) is 0 Å². The Morgan fingerprint density at radius 1 is 1.15 bits per heavy atom. The summed E-state index contributed by atoms with van der Waals surface area (Å²) >= 11 is 6.06. The third-order valence-corrected chi connectivity index (χ3v) is 3.94. The molecule has 0 radical (unpaired) electrons. The van der Waals surface area contributed by atoms with E-state index in [9.17, 15) is 19.5 Å². The van der Waals surface area contributed by atoms with Gasteiger partial charge >= 0.3 is 6.03 Å². The number of barbiturate groups is 1. The van der Waals surface area contributed by atoms with E-state index >= 15 is 0 Å². The standard InChI is InChI=1S/C19H15ClN2O5/c1-2-27-15-8-11(7-12(20)10-15)9-16-17(24)21-19(26)22(18(16)25)13-3-5-14(23)6-4-13/h3-10,23H,2H2,1H3,(H,21,24,26)/b16-9+. The van der Waals surface area contributed by atoms with Crippen molar-refractivity contribution in [3.05, 3.63) is 58.6 Å². The van der Waals surface area contributed by atoms with Gasteiger partial charge in [-0.2, -0.15) is 0 Å². The number of hydrogen-bond donors (Lipinski definition) is 2. The number of rotatable bonds is 4. The molecule has 0 saturated carbocycles. The number of benzene rings is 2. The fourth-order valence-electron chi connectivity index (χ4n) is 2.58. The molecule has 2 aromatic rings. The highest BCUT2D eigenvalue weighted by atomic mass is 35.5. The smallest absolute Gasteiger partial charge is 0.335 e. The van der Waals surface area contributed by atoms with Crippen LogP contribution in [0.4, 0.5) is 10.5 Å². The van der Waals surface area contributed by atoms with Crippen molar-refractivity contribution < 1.29 is 24.2 Å². The number of halogens is 1. The summed E-state index contributed by atoms with van der Waals surface area (Å²) in [6, 6.07) is 9.40. The molecule has 0 unspecified atom stereocenters. The number of anilines is 1. The first-order valence-corrected chi connectivity index (χ1v) is 8.40. The number of carbonyl (C=O) groups is 3. The molecule has 4 amide bonds. The van der Waals surface area contributed by atoms with E-state index < -0.39 is 17.8 Å². The van der Waals surface area contributed by atoms with Crippen molar-refractivity contribution in [1.29, 1.82) is 0 Å². The fourth-order valence-corrected chi connectivity index (χ4v) is 2.81. The summed E-state index contributed by atoms with van der Waals surface area (Å²) < 4.78 is 5.40. The molecular weight excluding hydrogens is 372 g/mol. The number of phenolic OH excluding ortho intramolecular Hbond substituents is 1. The second kappa shape index (κ2) is 7.51. The molecule has 1 fully saturated rings. The average molecular weight is 387 g/mol. The molecule has 1 aliphatic rings. The molecule has 1 saturated heterocycles. The molecule has 1 heterocycles. The Hall–Kier alpha value is -3.32. The van der Waals surface area contributed by atoms with Crippen LogP contribution >= 0.6 is 11.6 Å². The molecule has 138 valence electrons. The molecule has 2 N–H and O–H groups in total. The van der Waals surface area contributed by atoms with E-state index in [4.69, 9.17) is 16.3 Å². The first kappa shape index (κ1) is 18.5. The van der Waals surface area contributed by atoms with E-state index in [-0.39, 0.29) is 17.0 Å². The number of phenols is 1. The first-order chi connectivity index (χ1) is 12.9. The van der Waals surface area contributed by atoms with E-state index in [1.807, 2.05) is 6.92 Å². The van der Waals surface area contributed by atoms with Crippen LogP contribution in [0.25, 0.3) is 6.08 Å². The highest BCUT2D eigenvalue weighted by Gasteiger charge is 2.36. The van der Waals surface area contributed by atoms with Gasteiger partial charge in [-0.05, 0) is 61.0 Å². The SMILES string of the molecule is CCOc1cc(Cl)cc(/C=C2\C(=O)NC(=O)N(c3ccc(O)cc3)C2=O)c1. The molecular formula is C19H15ClN2O5. The predicted octanol–water partition coefficient (Wildman–Crippen LogP) is 3.11. The number of hydrogen-bond acceptors (Lipinski definition) is 5. The van der Waals surface area contributed by atoms with Crippen molar-refractivity contribution in [3.8, 4) is 11.5 Å². The van der Waals surface area contributed by atoms with Crippen LogP contribution in [0, 0.1) is 0 Å². The Labute approximate surface area is 159 Å². The van der Waals surface area contributed by atoms with Crippen molar-refractivity contribution in [1.82, 2.24) is 5.32 Å². The molecule has 0 spiro atoms. The Kier molecular flexibility index (Phi) is 5.14. The predicted molar refractivity (Wildman–Crippen MR) is 99.7 cm³/mol. The van der Waals surface area contributed by atoms with Crippen LogP contribution in [-0.2, 0) is 9.59 Å². The zero-order valence-corrected chi connectivity index (χ0v) is 15.0. The summed E-state index contributed by atoms with van der Waals surface area (Å²) in [5, 5.41) is 11.9. The molecule has 0 atom stereocenters. The number of nitrogens with zero attached hydrogens (tertiary/aromatic N) is 1. The van der Waals surface area contributed by atoms with E-state index in [1.165, 1.54) is 30.3 Å². The Balaban J connectivity index is 2.00. The zero-order valence-electron chi connectivity index (χ0n) is 14.2. The number of imide groups is 2. The lowest BCUT2D eigenvalue weighted by atomic mass is 10.1. The number of carbonyl (C=O) groups excluding carboxylic acids is 3. The highest BCUT2D eigenvalue weighted by molar-refractivity contribution is 6.39. The quantitative estimate of drug-likeness (QED) is 0.621. The van der Waals surface area contributed by atoms with Crippen molar-refractivity contribution in [2.75, 3.05) is 11.5 Å². The minimum atomic E-state index is -0.867. The van der Waals surface area contributed by atoms with Gasteiger partial charge in [0, 0.05) is 5.02 Å². The monoisotopic (exact) mass is 386 g/mol. The highest BCUT2D eigenvalue weighted by Crippen LogP contribution is 2.26. The second-order valence-electron chi connectivity index (χ2n) is 5.63. The Morgan fingerprint density at radius 3 is 2.52 bits per heavy atom. The van der Waals surface area contributed by atoms with Crippen LogP contribution in [0.2, 0.25) is 5.02 Å². The van der Waals surface area contributed by atoms with Crippen LogP contribution < -0.4 is 15.0 Å². The molecule has 8 heteroatoms. The second-order valence-corrected chi connectivity index (χ2v) is 6.06. The molecule has 1 aliphatic heterocycles. The third kappa shape index (κ3) is 3.93. The number of amides is 4.